The number of aromatic nitrogens is 1. The fourth-order valence-corrected chi connectivity index (χ4v) is 3.15. The summed E-state index contributed by atoms with van der Waals surface area (Å²) >= 11 is 5.17. The maximum atomic E-state index is 5.71. The van der Waals surface area contributed by atoms with Crippen LogP contribution in [0.25, 0.3) is 11.1 Å². The van der Waals surface area contributed by atoms with Gasteiger partial charge in [-0.3, -0.25) is 0 Å². The molecule has 20 heavy (non-hydrogen) atoms. The molecule has 3 nitrogen and oxygen atoms in total. The van der Waals surface area contributed by atoms with Crippen molar-refractivity contribution in [1.82, 2.24) is 4.98 Å². The molecule has 0 aliphatic carbocycles. The van der Waals surface area contributed by atoms with Crippen LogP contribution in [0.15, 0.2) is 37.8 Å². The van der Waals surface area contributed by atoms with Crippen molar-refractivity contribution in [2.45, 2.75) is 26.3 Å². The Morgan fingerprint density at radius 3 is 2.90 bits per heavy atom. The summed E-state index contributed by atoms with van der Waals surface area (Å²) in [6, 6.07) is 8.16. The van der Waals surface area contributed by atoms with Crippen LogP contribution in [0.2, 0.25) is 0 Å². The lowest BCUT2D eigenvalue weighted by Crippen LogP contribution is -1.97. The van der Waals surface area contributed by atoms with Gasteiger partial charge in [0.2, 0.25) is 0 Å². The van der Waals surface area contributed by atoms with Crippen LogP contribution in [0.3, 0.4) is 0 Å². The zero-order valence-corrected chi connectivity index (χ0v) is 13.7. The average Bonchev–Trinajstić information content (AvgIpc) is 3.01. The number of benzene rings is 1. The second-order valence-corrected chi connectivity index (χ2v) is 7.29. The highest BCUT2D eigenvalue weighted by Gasteiger charge is 2.09. The maximum Gasteiger partial charge on any atom is 0.198 e. The van der Waals surface area contributed by atoms with E-state index in [2.05, 4.69) is 51.5 Å². The van der Waals surface area contributed by atoms with E-state index >= 15 is 0 Å². The Labute approximate surface area is 130 Å². The number of hydrogen-bond donors (Lipinski definition) is 1. The van der Waals surface area contributed by atoms with Crippen LogP contribution in [0.1, 0.15) is 31.2 Å². The minimum atomic E-state index is 0.307. The molecule has 0 saturated carbocycles. The zero-order chi connectivity index (χ0) is 14.1. The quantitative estimate of drug-likeness (QED) is 0.685. The molecular formula is C15H15BrN2OS. The molecule has 1 N–H and O–H groups in total. The SMILES string of the molecule is CC(C)c1nc2cc(NCc3csc(Br)c3)ccc2o1. The first-order valence-electron chi connectivity index (χ1n) is 6.49. The Kier molecular flexibility index (Phi) is 3.81. The second kappa shape index (κ2) is 5.58. The van der Waals surface area contributed by atoms with E-state index in [9.17, 15) is 0 Å². The van der Waals surface area contributed by atoms with Crippen LogP contribution in [0.4, 0.5) is 5.69 Å². The Morgan fingerprint density at radius 2 is 2.20 bits per heavy atom. The molecule has 0 aliphatic rings. The third kappa shape index (κ3) is 2.88. The van der Waals surface area contributed by atoms with Gasteiger partial charge in [-0.1, -0.05) is 13.8 Å². The van der Waals surface area contributed by atoms with Crippen LogP contribution in [-0.2, 0) is 6.54 Å². The van der Waals surface area contributed by atoms with Gasteiger partial charge in [0.05, 0.1) is 3.79 Å². The minimum absolute atomic E-state index is 0.307. The molecule has 0 amide bonds. The van der Waals surface area contributed by atoms with Gasteiger partial charge in [0, 0.05) is 18.2 Å². The van der Waals surface area contributed by atoms with Gasteiger partial charge in [0.15, 0.2) is 11.5 Å². The fraction of sp³-hybridized carbons (Fsp3) is 0.267. The van der Waals surface area contributed by atoms with Gasteiger partial charge in [-0.2, -0.15) is 0 Å². The molecule has 1 aromatic carbocycles. The van der Waals surface area contributed by atoms with Crippen molar-refractivity contribution >= 4 is 44.1 Å². The number of rotatable bonds is 4. The molecule has 3 aromatic rings. The molecule has 0 aliphatic heterocycles. The number of thiophene rings is 1. The average molecular weight is 351 g/mol. The van der Waals surface area contributed by atoms with E-state index in [1.54, 1.807) is 11.3 Å². The lowest BCUT2D eigenvalue weighted by Gasteiger charge is -2.04. The molecule has 3 rings (SSSR count). The third-order valence-electron chi connectivity index (χ3n) is 3.02. The van der Waals surface area contributed by atoms with Gasteiger partial charge in [-0.05, 0) is 51.1 Å². The first-order valence-corrected chi connectivity index (χ1v) is 8.16. The fourth-order valence-electron chi connectivity index (χ4n) is 1.94. The first-order chi connectivity index (χ1) is 9.61. The summed E-state index contributed by atoms with van der Waals surface area (Å²) in [6.07, 6.45) is 0. The van der Waals surface area contributed by atoms with Crippen LogP contribution < -0.4 is 5.32 Å². The largest absolute Gasteiger partial charge is 0.440 e. The van der Waals surface area contributed by atoms with E-state index < -0.39 is 0 Å². The van der Waals surface area contributed by atoms with Gasteiger partial charge in [-0.25, -0.2) is 4.98 Å². The standard InChI is InChI=1S/C15H15BrN2OS/c1-9(2)15-18-12-6-11(3-4-13(12)19-15)17-7-10-5-14(16)20-8-10/h3-6,8-9,17H,7H2,1-2H3. The molecule has 0 saturated heterocycles. The number of halogens is 1. The van der Waals surface area contributed by atoms with Crippen LogP contribution in [0, 0.1) is 0 Å². The predicted octanol–water partition coefficient (Wildman–Crippen LogP) is 5.39. The Hall–Kier alpha value is -1.33. The second-order valence-electron chi connectivity index (χ2n) is 5.00. The van der Waals surface area contributed by atoms with Crippen LogP contribution in [0.5, 0.6) is 0 Å². The Balaban J connectivity index is 1.78. The molecule has 0 spiro atoms. The highest BCUT2D eigenvalue weighted by molar-refractivity contribution is 9.11. The van der Waals surface area contributed by atoms with Crippen molar-refractivity contribution < 1.29 is 4.42 Å². The molecular weight excluding hydrogens is 336 g/mol. The summed E-state index contributed by atoms with van der Waals surface area (Å²) in [5, 5.41) is 5.55. The molecule has 2 heterocycles. The normalized spacial score (nSPS) is 11.4. The summed E-state index contributed by atoms with van der Waals surface area (Å²) < 4.78 is 6.86. The van der Waals surface area contributed by atoms with Crippen LogP contribution >= 0.6 is 27.3 Å². The van der Waals surface area contributed by atoms with Crippen molar-refractivity contribution in [1.29, 1.82) is 0 Å². The van der Waals surface area contributed by atoms with E-state index in [1.165, 1.54) is 5.56 Å². The highest BCUT2D eigenvalue weighted by atomic mass is 79.9. The van der Waals surface area contributed by atoms with E-state index in [0.717, 1.165) is 33.0 Å². The van der Waals surface area contributed by atoms with Crippen LogP contribution in [-0.4, -0.2) is 4.98 Å². The van der Waals surface area contributed by atoms with E-state index in [-0.39, 0.29) is 0 Å². The summed E-state index contributed by atoms with van der Waals surface area (Å²) in [5.74, 6) is 1.10. The molecule has 0 unspecified atom stereocenters. The molecule has 0 atom stereocenters. The van der Waals surface area contributed by atoms with E-state index in [4.69, 9.17) is 4.42 Å². The topological polar surface area (TPSA) is 38.1 Å². The molecule has 0 radical (unpaired) electrons. The third-order valence-corrected chi connectivity index (χ3v) is 4.57. The Bertz CT molecular complexity index is 732. The lowest BCUT2D eigenvalue weighted by molar-refractivity contribution is 0.501. The van der Waals surface area contributed by atoms with Gasteiger partial charge >= 0.3 is 0 Å². The van der Waals surface area contributed by atoms with Gasteiger partial charge in [0.25, 0.3) is 0 Å². The van der Waals surface area contributed by atoms with Crippen molar-refractivity contribution in [3.63, 3.8) is 0 Å². The van der Waals surface area contributed by atoms with Crippen molar-refractivity contribution in [3.8, 4) is 0 Å². The van der Waals surface area contributed by atoms with E-state index in [1.807, 2.05) is 18.2 Å². The lowest BCUT2D eigenvalue weighted by atomic mass is 10.2. The number of hydrogen-bond acceptors (Lipinski definition) is 4. The first kappa shape index (κ1) is 13.6. The highest BCUT2D eigenvalue weighted by Crippen LogP contribution is 2.25. The Morgan fingerprint density at radius 1 is 1.35 bits per heavy atom. The number of nitrogens with one attached hydrogen (secondary N) is 1. The zero-order valence-electron chi connectivity index (χ0n) is 11.3. The van der Waals surface area contributed by atoms with Crippen molar-refractivity contribution in [2.24, 2.45) is 0 Å². The number of fused-ring (bicyclic) bond motifs is 1. The molecule has 0 bridgehead atoms. The summed E-state index contributed by atoms with van der Waals surface area (Å²) in [4.78, 5) is 4.52. The molecule has 104 valence electrons. The van der Waals surface area contributed by atoms with Crippen molar-refractivity contribution in [2.75, 3.05) is 5.32 Å². The van der Waals surface area contributed by atoms with Gasteiger partial charge < -0.3 is 9.73 Å². The molecule has 0 fully saturated rings. The summed E-state index contributed by atoms with van der Waals surface area (Å²) in [6.45, 7) is 4.97. The van der Waals surface area contributed by atoms with Crippen molar-refractivity contribution in [3.05, 3.63) is 44.9 Å². The number of anilines is 1. The summed E-state index contributed by atoms with van der Waals surface area (Å²) in [7, 11) is 0. The summed E-state index contributed by atoms with van der Waals surface area (Å²) in [5.41, 5.74) is 4.08. The maximum absolute atomic E-state index is 5.71. The molecule has 5 heteroatoms. The number of oxazole rings is 1. The smallest absolute Gasteiger partial charge is 0.198 e. The van der Waals surface area contributed by atoms with Gasteiger partial charge in [-0.15, -0.1) is 11.3 Å². The molecule has 2 aromatic heterocycles. The van der Waals surface area contributed by atoms with Gasteiger partial charge in [0.1, 0.15) is 5.52 Å². The monoisotopic (exact) mass is 350 g/mol. The number of nitrogens with zero attached hydrogens (tertiary/aromatic N) is 1. The predicted molar refractivity (Wildman–Crippen MR) is 87.4 cm³/mol. The van der Waals surface area contributed by atoms with E-state index in [0.29, 0.717) is 5.92 Å². The minimum Gasteiger partial charge on any atom is -0.440 e.